The molecular weight excluding hydrogens is 354 g/mol. The number of piperazine rings is 1. The van der Waals surface area contributed by atoms with Gasteiger partial charge in [0, 0.05) is 47.4 Å². The summed E-state index contributed by atoms with van der Waals surface area (Å²) in [6, 6.07) is 15.6. The summed E-state index contributed by atoms with van der Waals surface area (Å²) in [5.74, 6) is 0.823. The summed E-state index contributed by atoms with van der Waals surface area (Å²) in [5.41, 5.74) is 4.87. The Kier molecular flexibility index (Phi) is 6.37. The van der Waals surface area contributed by atoms with Gasteiger partial charge in [0.1, 0.15) is 0 Å². The van der Waals surface area contributed by atoms with Crippen molar-refractivity contribution < 1.29 is 4.79 Å². The second kappa shape index (κ2) is 8.72. The first-order valence-electron chi connectivity index (χ1n) is 8.32. The summed E-state index contributed by atoms with van der Waals surface area (Å²) in [4.78, 5) is 15.8. The number of benzene rings is 2. The molecule has 25 heavy (non-hydrogen) atoms. The van der Waals surface area contributed by atoms with Crippen LogP contribution in [0.2, 0.25) is 5.02 Å². The van der Waals surface area contributed by atoms with Gasteiger partial charge in [0.15, 0.2) is 0 Å². The molecule has 0 spiro atoms. The van der Waals surface area contributed by atoms with Crippen LogP contribution >= 0.6 is 23.4 Å². The van der Waals surface area contributed by atoms with Crippen LogP contribution in [0.1, 0.15) is 15.9 Å². The summed E-state index contributed by atoms with van der Waals surface area (Å²) in [6.45, 7) is 3.67. The Morgan fingerprint density at radius 1 is 1.04 bits per heavy atom. The van der Waals surface area contributed by atoms with Gasteiger partial charge in [-0.15, -0.1) is 11.8 Å². The average molecular weight is 376 g/mol. The maximum Gasteiger partial charge on any atom is 0.265 e. The van der Waals surface area contributed by atoms with Crippen LogP contribution in [0, 0.1) is 0 Å². The fraction of sp³-hybridized carbons (Fsp3) is 0.316. The van der Waals surface area contributed by atoms with Crippen LogP contribution in [0.25, 0.3) is 0 Å². The van der Waals surface area contributed by atoms with E-state index in [0.717, 1.165) is 37.0 Å². The van der Waals surface area contributed by atoms with Gasteiger partial charge in [-0.3, -0.25) is 10.2 Å². The minimum atomic E-state index is -0.0403. The summed E-state index contributed by atoms with van der Waals surface area (Å²) in [7, 11) is 2.10. The van der Waals surface area contributed by atoms with E-state index in [1.165, 1.54) is 10.5 Å². The van der Waals surface area contributed by atoms with Gasteiger partial charge in [-0.1, -0.05) is 23.7 Å². The predicted molar refractivity (Wildman–Crippen MR) is 104 cm³/mol. The number of amides is 1. The monoisotopic (exact) mass is 375 g/mol. The maximum absolute atomic E-state index is 12.3. The Morgan fingerprint density at radius 3 is 2.32 bits per heavy atom. The van der Waals surface area contributed by atoms with Crippen molar-refractivity contribution in [1.29, 1.82) is 0 Å². The molecule has 6 heteroatoms. The highest BCUT2D eigenvalue weighted by Gasteiger charge is 2.16. The zero-order valence-corrected chi connectivity index (χ0v) is 15.8. The van der Waals surface area contributed by atoms with Crippen LogP contribution in [0.15, 0.2) is 53.4 Å². The lowest BCUT2D eigenvalue weighted by Crippen LogP contribution is -2.52. The third-order valence-electron chi connectivity index (χ3n) is 4.20. The van der Waals surface area contributed by atoms with Crippen LogP contribution in [0.4, 0.5) is 0 Å². The van der Waals surface area contributed by atoms with Crippen LogP contribution in [0.5, 0.6) is 0 Å². The molecule has 0 radical (unpaired) electrons. The third kappa shape index (κ3) is 5.47. The van der Waals surface area contributed by atoms with Crippen molar-refractivity contribution in [2.24, 2.45) is 0 Å². The number of likely N-dealkylation sites (N-methyl/N-ethyl adjacent to an activating group) is 1. The number of rotatable bonds is 5. The number of carbonyl (C=O) groups is 1. The van der Waals surface area contributed by atoms with Gasteiger partial charge in [0.05, 0.1) is 0 Å². The Balaban J connectivity index is 1.51. The fourth-order valence-corrected chi connectivity index (χ4v) is 3.56. The lowest BCUT2D eigenvalue weighted by Gasteiger charge is -2.32. The van der Waals surface area contributed by atoms with E-state index in [2.05, 4.69) is 17.4 Å². The first-order chi connectivity index (χ1) is 12.1. The van der Waals surface area contributed by atoms with Gasteiger partial charge in [0.2, 0.25) is 0 Å². The first kappa shape index (κ1) is 18.3. The molecule has 1 N–H and O–H groups in total. The molecule has 2 aromatic rings. The number of carbonyl (C=O) groups excluding carboxylic acids is 1. The molecule has 0 bridgehead atoms. The molecular formula is C19H22ClN3OS. The minimum Gasteiger partial charge on any atom is -0.304 e. The van der Waals surface area contributed by atoms with Gasteiger partial charge in [-0.2, -0.15) is 0 Å². The van der Waals surface area contributed by atoms with Crippen molar-refractivity contribution >= 4 is 29.3 Å². The highest BCUT2D eigenvalue weighted by molar-refractivity contribution is 7.98. The Morgan fingerprint density at radius 2 is 1.68 bits per heavy atom. The number of nitrogens with zero attached hydrogens (tertiary/aromatic N) is 2. The Hall–Kier alpha value is -1.53. The largest absolute Gasteiger partial charge is 0.304 e. The molecule has 0 unspecified atom stereocenters. The minimum absolute atomic E-state index is 0.0403. The molecule has 1 fully saturated rings. The van der Waals surface area contributed by atoms with Gasteiger partial charge >= 0.3 is 0 Å². The van der Waals surface area contributed by atoms with Crippen LogP contribution in [0.3, 0.4) is 0 Å². The summed E-state index contributed by atoms with van der Waals surface area (Å²) < 4.78 is 0. The number of hydrogen-bond acceptors (Lipinski definition) is 4. The molecule has 0 aromatic heterocycles. The van der Waals surface area contributed by atoms with E-state index < -0.39 is 0 Å². The lowest BCUT2D eigenvalue weighted by atomic mass is 10.1. The zero-order valence-electron chi connectivity index (χ0n) is 14.2. The summed E-state index contributed by atoms with van der Waals surface area (Å²) >= 11 is 7.65. The third-order valence-corrected chi connectivity index (χ3v) is 5.53. The molecule has 2 aromatic carbocycles. The quantitative estimate of drug-likeness (QED) is 0.811. The number of thioether (sulfide) groups is 1. The number of hydrazine groups is 1. The van der Waals surface area contributed by atoms with Gasteiger partial charge in [0.25, 0.3) is 5.91 Å². The highest BCUT2D eigenvalue weighted by atomic mass is 35.5. The van der Waals surface area contributed by atoms with Crippen molar-refractivity contribution in [1.82, 2.24) is 15.3 Å². The van der Waals surface area contributed by atoms with Gasteiger partial charge in [-0.25, -0.2) is 5.01 Å². The molecule has 0 saturated carbocycles. The first-order valence-corrected chi connectivity index (χ1v) is 9.68. The predicted octanol–water partition coefficient (Wildman–Crippen LogP) is 3.52. The molecule has 4 nitrogen and oxygen atoms in total. The van der Waals surface area contributed by atoms with Crippen molar-refractivity contribution in [2.75, 3.05) is 33.2 Å². The van der Waals surface area contributed by atoms with E-state index >= 15 is 0 Å². The van der Waals surface area contributed by atoms with Crippen molar-refractivity contribution in [3.63, 3.8) is 0 Å². The van der Waals surface area contributed by atoms with E-state index in [1.54, 1.807) is 11.8 Å². The highest BCUT2D eigenvalue weighted by Crippen LogP contribution is 2.24. The van der Waals surface area contributed by atoms with Crippen LogP contribution < -0.4 is 5.43 Å². The topological polar surface area (TPSA) is 35.6 Å². The average Bonchev–Trinajstić information content (AvgIpc) is 2.63. The Bertz CT molecular complexity index is 698. The van der Waals surface area contributed by atoms with Crippen LogP contribution in [-0.4, -0.2) is 49.0 Å². The fourth-order valence-electron chi connectivity index (χ4n) is 2.58. The molecule has 1 saturated heterocycles. The molecule has 132 valence electrons. The lowest BCUT2D eigenvalue weighted by molar-refractivity contribution is 0.0662. The molecule has 0 atom stereocenters. The number of halogens is 1. The summed E-state index contributed by atoms with van der Waals surface area (Å²) in [6.07, 6.45) is 0. The smallest absolute Gasteiger partial charge is 0.265 e. The molecule has 1 aliphatic heterocycles. The maximum atomic E-state index is 12.3. The standard InChI is InChI=1S/C19H22ClN3OS/c1-22-10-12-23(13-11-22)21-19(24)16-4-2-15(3-5-16)14-25-18-8-6-17(20)7-9-18/h2-9H,10-14H2,1H3,(H,21,24). The molecule has 3 rings (SSSR count). The Labute approximate surface area is 158 Å². The van der Waals surface area contributed by atoms with E-state index in [9.17, 15) is 4.79 Å². The van der Waals surface area contributed by atoms with E-state index in [0.29, 0.717) is 5.56 Å². The SMILES string of the molecule is CN1CCN(NC(=O)c2ccc(CSc3ccc(Cl)cc3)cc2)CC1. The molecule has 1 amide bonds. The van der Waals surface area contributed by atoms with Crippen molar-refractivity contribution in [3.8, 4) is 0 Å². The van der Waals surface area contributed by atoms with Crippen molar-refractivity contribution in [2.45, 2.75) is 10.6 Å². The number of nitrogens with one attached hydrogen (secondary N) is 1. The van der Waals surface area contributed by atoms with E-state index in [-0.39, 0.29) is 5.91 Å². The molecule has 0 aliphatic carbocycles. The second-order valence-corrected chi connectivity index (χ2v) is 7.66. The summed E-state index contributed by atoms with van der Waals surface area (Å²) in [5, 5.41) is 2.74. The zero-order chi connectivity index (χ0) is 17.6. The van der Waals surface area contributed by atoms with E-state index in [4.69, 9.17) is 11.6 Å². The normalized spacial score (nSPS) is 15.9. The number of hydrogen-bond donors (Lipinski definition) is 1. The van der Waals surface area contributed by atoms with Gasteiger partial charge < -0.3 is 4.90 Å². The van der Waals surface area contributed by atoms with Crippen molar-refractivity contribution in [3.05, 3.63) is 64.7 Å². The molecule has 1 aliphatic rings. The van der Waals surface area contributed by atoms with Gasteiger partial charge in [-0.05, 0) is 49.0 Å². The van der Waals surface area contributed by atoms with E-state index in [1.807, 2.05) is 53.5 Å². The van der Waals surface area contributed by atoms with Crippen LogP contribution in [-0.2, 0) is 5.75 Å². The molecule has 1 heterocycles. The second-order valence-electron chi connectivity index (χ2n) is 6.17.